The van der Waals surface area contributed by atoms with Gasteiger partial charge in [-0.2, -0.15) is 0 Å². The molecule has 2 aromatic heterocycles. The Morgan fingerprint density at radius 3 is 2.82 bits per heavy atom. The summed E-state index contributed by atoms with van der Waals surface area (Å²) in [4.78, 5) is 4.45. The number of hydrogen-bond acceptors (Lipinski definition) is 3. The second-order valence-corrected chi connectivity index (χ2v) is 6.20. The van der Waals surface area contributed by atoms with E-state index in [0.29, 0.717) is 6.04 Å². The van der Waals surface area contributed by atoms with Gasteiger partial charge in [-0.3, -0.25) is 0 Å². The number of aromatic nitrogens is 2. The van der Waals surface area contributed by atoms with E-state index in [2.05, 4.69) is 41.0 Å². The van der Waals surface area contributed by atoms with E-state index in [9.17, 15) is 0 Å². The zero-order valence-electron chi connectivity index (χ0n) is 13.4. The van der Waals surface area contributed by atoms with Gasteiger partial charge in [-0.15, -0.1) is 12.4 Å². The molecular formula is C17H26ClN3O. The van der Waals surface area contributed by atoms with E-state index < -0.39 is 0 Å². The molecule has 2 aromatic rings. The summed E-state index contributed by atoms with van der Waals surface area (Å²) in [6.07, 6.45) is 7.62. The van der Waals surface area contributed by atoms with Crippen LogP contribution in [-0.2, 0) is 0 Å². The van der Waals surface area contributed by atoms with Crippen LogP contribution >= 0.6 is 12.4 Å². The quantitative estimate of drug-likeness (QED) is 0.909. The maximum Gasteiger partial charge on any atom is 0.238 e. The van der Waals surface area contributed by atoms with Crippen LogP contribution in [0, 0.1) is 5.92 Å². The summed E-state index contributed by atoms with van der Waals surface area (Å²) in [5, 5.41) is 4.61. The van der Waals surface area contributed by atoms with E-state index in [4.69, 9.17) is 4.74 Å². The average molecular weight is 324 g/mol. The highest BCUT2D eigenvalue weighted by molar-refractivity contribution is 5.85. The van der Waals surface area contributed by atoms with Crippen molar-refractivity contribution in [2.75, 3.05) is 19.7 Å². The lowest BCUT2D eigenvalue weighted by atomic mass is 9.95. The number of nitrogens with one attached hydrogen (secondary N) is 1. The summed E-state index contributed by atoms with van der Waals surface area (Å²) in [5.41, 5.74) is 1.12. The molecule has 1 N–H and O–H groups in total. The molecule has 1 aliphatic heterocycles. The van der Waals surface area contributed by atoms with Crippen LogP contribution in [0.5, 0.6) is 5.88 Å². The Hall–Kier alpha value is -1.26. The van der Waals surface area contributed by atoms with Crippen LogP contribution in [-0.4, -0.2) is 29.2 Å². The molecule has 1 saturated heterocycles. The van der Waals surface area contributed by atoms with Crippen molar-refractivity contribution in [3.63, 3.8) is 0 Å². The minimum atomic E-state index is 0. The largest absolute Gasteiger partial charge is 0.476 e. The molecule has 0 spiro atoms. The molecule has 0 aromatic carbocycles. The summed E-state index contributed by atoms with van der Waals surface area (Å²) < 4.78 is 8.26. The van der Waals surface area contributed by atoms with Gasteiger partial charge in [0.2, 0.25) is 5.88 Å². The second-order valence-electron chi connectivity index (χ2n) is 6.20. The van der Waals surface area contributed by atoms with Gasteiger partial charge in [0.05, 0.1) is 6.61 Å². The minimum absolute atomic E-state index is 0. The molecule has 0 radical (unpaired) electrons. The van der Waals surface area contributed by atoms with E-state index in [0.717, 1.165) is 43.4 Å². The Morgan fingerprint density at radius 2 is 2.09 bits per heavy atom. The Kier molecular flexibility index (Phi) is 6.09. The van der Waals surface area contributed by atoms with Crippen molar-refractivity contribution in [2.24, 2.45) is 5.92 Å². The van der Waals surface area contributed by atoms with Gasteiger partial charge >= 0.3 is 0 Å². The number of hydrogen-bond donors (Lipinski definition) is 1. The fourth-order valence-electron chi connectivity index (χ4n) is 3.11. The highest BCUT2D eigenvalue weighted by Gasteiger charge is 2.14. The maximum absolute atomic E-state index is 6.02. The van der Waals surface area contributed by atoms with Crippen molar-refractivity contribution in [2.45, 2.75) is 39.2 Å². The molecular weight excluding hydrogens is 298 g/mol. The molecule has 122 valence electrons. The molecule has 22 heavy (non-hydrogen) atoms. The maximum atomic E-state index is 6.02. The molecule has 1 fully saturated rings. The van der Waals surface area contributed by atoms with Crippen LogP contribution in [0.15, 0.2) is 24.5 Å². The van der Waals surface area contributed by atoms with Gasteiger partial charge in [0, 0.05) is 23.8 Å². The summed E-state index contributed by atoms with van der Waals surface area (Å²) in [6.45, 7) is 7.43. The van der Waals surface area contributed by atoms with Gasteiger partial charge < -0.3 is 14.6 Å². The lowest BCUT2D eigenvalue weighted by molar-refractivity contribution is 0.246. The first kappa shape index (κ1) is 17.1. The van der Waals surface area contributed by atoms with E-state index >= 15 is 0 Å². The molecule has 0 amide bonds. The van der Waals surface area contributed by atoms with Crippen LogP contribution in [0.4, 0.5) is 0 Å². The zero-order valence-corrected chi connectivity index (χ0v) is 14.2. The van der Waals surface area contributed by atoms with E-state index in [-0.39, 0.29) is 12.4 Å². The van der Waals surface area contributed by atoms with Crippen LogP contribution in [0.3, 0.4) is 0 Å². The molecule has 0 saturated carbocycles. The topological polar surface area (TPSA) is 39.1 Å². The first-order chi connectivity index (χ1) is 10.3. The number of piperidine rings is 1. The lowest BCUT2D eigenvalue weighted by Crippen LogP contribution is -2.28. The molecule has 0 aliphatic carbocycles. The summed E-state index contributed by atoms with van der Waals surface area (Å²) in [6, 6.07) is 4.60. The Bertz CT molecular complexity index is 591. The standard InChI is InChI=1S/C17H25N3O.ClH/c1-13(2)20-11-6-15-5-10-19-17(16(15)20)21-12-7-14-3-8-18-9-4-14;/h5-6,10-11,13-14,18H,3-4,7-9,12H2,1-2H3;1H. The predicted molar refractivity (Wildman–Crippen MR) is 93.1 cm³/mol. The Labute approximate surface area is 138 Å². The first-order valence-corrected chi connectivity index (χ1v) is 8.05. The predicted octanol–water partition coefficient (Wildman–Crippen LogP) is 3.81. The summed E-state index contributed by atoms with van der Waals surface area (Å²) in [7, 11) is 0. The van der Waals surface area contributed by atoms with Crippen molar-refractivity contribution in [1.29, 1.82) is 0 Å². The van der Waals surface area contributed by atoms with Crippen molar-refractivity contribution in [3.8, 4) is 5.88 Å². The van der Waals surface area contributed by atoms with Crippen molar-refractivity contribution < 1.29 is 4.74 Å². The third-order valence-electron chi connectivity index (χ3n) is 4.37. The number of halogens is 1. The smallest absolute Gasteiger partial charge is 0.238 e. The summed E-state index contributed by atoms with van der Waals surface area (Å²) >= 11 is 0. The van der Waals surface area contributed by atoms with Gasteiger partial charge in [-0.25, -0.2) is 4.98 Å². The normalized spacial score (nSPS) is 16.0. The van der Waals surface area contributed by atoms with Crippen LogP contribution in [0.25, 0.3) is 10.9 Å². The molecule has 3 heterocycles. The number of rotatable bonds is 5. The molecule has 3 rings (SSSR count). The fourth-order valence-corrected chi connectivity index (χ4v) is 3.11. The Balaban J connectivity index is 0.00000176. The van der Waals surface area contributed by atoms with E-state index in [1.54, 1.807) is 0 Å². The third-order valence-corrected chi connectivity index (χ3v) is 4.37. The van der Waals surface area contributed by atoms with Gasteiger partial charge in [-0.05, 0) is 64.3 Å². The average Bonchev–Trinajstić information content (AvgIpc) is 2.93. The van der Waals surface area contributed by atoms with Gasteiger partial charge in [0.25, 0.3) is 0 Å². The highest BCUT2D eigenvalue weighted by Crippen LogP contribution is 2.27. The van der Waals surface area contributed by atoms with Crippen molar-refractivity contribution in [3.05, 3.63) is 24.5 Å². The van der Waals surface area contributed by atoms with Gasteiger partial charge in [0.15, 0.2) is 0 Å². The number of nitrogens with zero attached hydrogens (tertiary/aromatic N) is 2. The zero-order chi connectivity index (χ0) is 14.7. The van der Waals surface area contributed by atoms with Crippen LogP contribution < -0.4 is 10.1 Å². The first-order valence-electron chi connectivity index (χ1n) is 8.05. The molecule has 0 unspecified atom stereocenters. The number of pyridine rings is 1. The van der Waals surface area contributed by atoms with E-state index in [1.165, 1.54) is 18.2 Å². The third kappa shape index (κ3) is 3.73. The number of fused-ring (bicyclic) bond motifs is 1. The van der Waals surface area contributed by atoms with Crippen LogP contribution in [0.1, 0.15) is 39.2 Å². The second kappa shape index (κ2) is 7.84. The minimum Gasteiger partial charge on any atom is -0.476 e. The van der Waals surface area contributed by atoms with Crippen molar-refractivity contribution >= 4 is 23.3 Å². The SMILES string of the molecule is CC(C)n1ccc2ccnc(OCCC3CCNCC3)c21.Cl. The molecule has 5 heteroatoms. The van der Waals surface area contributed by atoms with E-state index in [1.807, 2.05) is 12.3 Å². The van der Waals surface area contributed by atoms with Gasteiger partial charge in [0.1, 0.15) is 5.52 Å². The number of ether oxygens (including phenoxy) is 1. The molecule has 4 nitrogen and oxygen atoms in total. The highest BCUT2D eigenvalue weighted by atomic mass is 35.5. The molecule has 1 aliphatic rings. The van der Waals surface area contributed by atoms with Crippen molar-refractivity contribution in [1.82, 2.24) is 14.9 Å². The van der Waals surface area contributed by atoms with Gasteiger partial charge in [-0.1, -0.05) is 0 Å². The summed E-state index contributed by atoms with van der Waals surface area (Å²) in [5.74, 6) is 1.57. The monoisotopic (exact) mass is 323 g/mol. The fraction of sp³-hybridized carbons (Fsp3) is 0.588. The molecule has 0 bridgehead atoms. The molecule has 0 atom stereocenters. The lowest BCUT2D eigenvalue weighted by Gasteiger charge is -2.22. The van der Waals surface area contributed by atoms with Crippen LogP contribution in [0.2, 0.25) is 0 Å². The Morgan fingerprint density at radius 1 is 1.32 bits per heavy atom.